The number of pyridine rings is 1. The summed E-state index contributed by atoms with van der Waals surface area (Å²) in [5.74, 6) is 0. The zero-order valence-corrected chi connectivity index (χ0v) is 19.7. The van der Waals surface area contributed by atoms with Gasteiger partial charge in [0.2, 0.25) is 0 Å². The minimum atomic E-state index is -1.12. The molecule has 0 amide bonds. The van der Waals surface area contributed by atoms with Gasteiger partial charge in [0.05, 0.1) is 16.6 Å². The van der Waals surface area contributed by atoms with E-state index in [1.165, 1.54) is 32.1 Å². The quantitative estimate of drug-likeness (QED) is 0.551. The van der Waals surface area contributed by atoms with Crippen LogP contribution >= 0.6 is 0 Å². The lowest BCUT2D eigenvalue weighted by molar-refractivity contribution is 0.0898. The number of nitrogens with zero attached hydrogens (tertiary/aromatic N) is 4. The zero-order chi connectivity index (χ0) is 21.2. The molecule has 0 aromatic carbocycles. The Balaban J connectivity index is 1.58. The summed E-state index contributed by atoms with van der Waals surface area (Å²) >= 11 is 0. The van der Waals surface area contributed by atoms with Crippen molar-refractivity contribution in [1.29, 1.82) is 5.26 Å². The SMILES string of the molecule is C[Si](C)(C)CCOCn1cc(C#N)c2c(N3CCCC4(CCCCN4)C3)ccnc21. The molecule has 162 valence electrons. The highest BCUT2D eigenvalue weighted by molar-refractivity contribution is 6.76. The Bertz CT molecular complexity index is 915. The monoisotopic (exact) mass is 425 g/mol. The van der Waals surface area contributed by atoms with Gasteiger partial charge in [-0.05, 0) is 44.3 Å². The van der Waals surface area contributed by atoms with Crippen LogP contribution in [0.3, 0.4) is 0 Å². The van der Waals surface area contributed by atoms with Crippen LogP contribution in [0.15, 0.2) is 18.5 Å². The first-order valence-corrected chi connectivity index (χ1v) is 15.1. The van der Waals surface area contributed by atoms with E-state index in [-0.39, 0.29) is 5.54 Å². The lowest BCUT2D eigenvalue weighted by Gasteiger charge is -2.47. The van der Waals surface area contributed by atoms with Crippen LogP contribution in [0.2, 0.25) is 25.7 Å². The van der Waals surface area contributed by atoms with Crippen LogP contribution < -0.4 is 10.2 Å². The van der Waals surface area contributed by atoms with E-state index in [0.717, 1.165) is 49.0 Å². The lowest BCUT2D eigenvalue weighted by Crippen LogP contribution is -2.59. The number of nitrogens with one attached hydrogen (secondary N) is 1. The number of ether oxygens (including phenoxy) is 1. The van der Waals surface area contributed by atoms with Gasteiger partial charge in [0.1, 0.15) is 18.4 Å². The second kappa shape index (κ2) is 8.70. The first-order chi connectivity index (χ1) is 14.4. The number of piperidine rings is 2. The fourth-order valence-electron chi connectivity index (χ4n) is 4.90. The molecule has 0 bridgehead atoms. The third-order valence-corrected chi connectivity index (χ3v) is 8.29. The Hall–Kier alpha value is -1.88. The van der Waals surface area contributed by atoms with Gasteiger partial charge in [0, 0.05) is 45.7 Å². The normalized spacial score (nSPS) is 22.5. The minimum Gasteiger partial charge on any atom is -0.369 e. The van der Waals surface area contributed by atoms with Crippen molar-refractivity contribution in [3.63, 3.8) is 0 Å². The maximum atomic E-state index is 9.84. The highest BCUT2D eigenvalue weighted by atomic mass is 28.3. The molecule has 30 heavy (non-hydrogen) atoms. The van der Waals surface area contributed by atoms with Crippen LogP contribution in [-0.2, 0) is 11.5 Å². The summed E-state index contributed by atoms with van der Waals surface area (Å²) in [5, 5.41) is 14.6. The van der Waals surface area contributed by atoms with Gasteiger partial charge in [-0.3, -0.25) is 0 Å². The molecule has 4 rings (SSSR count). The molecule has 1 N–H and O–H groups in total. The van der Waals surface area contributed by atoms with Crippen LogP contribution in [0.4, 0.5) is 5.69 Å². The zero-order valence-electron chi connectivity index (χ0n) is 18.7. The van der Waals surface area contributed by atoms with Crippen LogP contribution in [-0.4, -0.2) is 49.4 Å². The molecule has 1 atom stereocenters. The number of aromatic nitrogens is 2. The van der Waals surface area contributed by atoms with Gasteiger partial charge in [-0.2, -0.15) is 5.26 Å². The predicted octanol–water partition coefficient (Wildman–Crippen LogP) is 4.33. The maximum Gasteiger partial charge on any atom is 0.145 e. The van der Waals surface area contributed by atoms with E-state index in [9.17, 15) is 5.26 Å². The van der Waals surface area contributed by atoms with E-state index in [4.69, 9.17) is 4.74 Å². The van der Waals surface area contributed by atoms with Crippen LogP contribution in [0, 0.1) is 11.3 Å². The van der Waals surface area contributed by atoms with Crippen LogP contribution in [0.1, 0.15) is 37.7 Å². The molecule has 2 fully saturated rings. The number of hydrogen-bond acceptors (Lipinski definition) is 5. The standard InChI is InChI=1S/C23H35N5OSi/c1-30(2,3)14-13-29-18-28-16-19(15-24)21-20(7-11-25-22(21)28)27-12-6-9-23(17-27)8-4-5-10-26-23/h7,11,16,26H,4-6,8-10,12-14,17-18H2,1-3H3. The first-order valence-electron chi connectivity index (χ1n) is 11.4. The van der Waals surface area contributed by atoms with Crippen molar-refractivity contribution in [2.24, 2.45) is 0 Å². The van der Waals surface area contributed by atoms with Crippen molar-refractivity contribution in [3.05, 3.63) is 24.0 Å². The summed E-state index contributed by atoms with van der Waals surface area (Å²) in [4.78, 5) is 7.11. The van der Waals surface area contributed by atoms with Gasteiger partial charge < -0.3 is 19.5 Å². The van der Waals surface area contributed by atoms with Gasteiger partial charge in [-0.25, -0.2) is 4.98 Å². The molecule has 2 aliphatic heterocycles. The molecular formula is C23H35N5OSi. The van der Waals surface area contributed by atoms with Crippen molar-refractivity contribution in [2.45, 2.75) is 70.1 Å². The Labute approximate surface area is 181 Å². The van der Waals surface area contributed by atoms with E-state index in [1.54, 1.807) is 0 Å². The molecule has 1 unspecified atom stereocenters. The molecule has 6 nitrogen and oxygen atoms in total. The number of nitriles is 1. The minimum absolute atomic E-state index is 0.224. The number of anilines is 1. The summed E-state index contributed by atoms with van der Waals surface area (Å²) in [6, 6.07) is 5.63. The fraction of sp³-hybridized carbons (Fsp3) is 0.652. The highest BCUT2D eigenvalue weighted by Gasteiger charge is 2.37. The van der Waals surface area contributed by atoms with Gasteiger partial charge in [0.25, 0.3) is 0 Å². The van der Waals surface area contributed by atoms with Crippen molar-refractivity contribution in [2.75, 3.05) is 31.1 Å². The summed E-state index contributed by atoms with van der Waals surface area (Å²) in [6.45, 7) is 11.4. The molecule has 0 aliphatic carbocycles. The topological polar surface area (TPSA) is 66.1 Å². The Morgan fingerprint density at radius 3 is 2.83 bits per heavy atom. The predicted molar refractivity (Wildman–Crippen MR) is 125 cm³/mol. The third-order valence-electron chi connectivity index (χ3n) is 6.58. The average molecular weight is 426 g/mol. The fourth-order valence-corrected chi connectivity index (χ4v) is 5.66. The molecule has 4 heterocycles. The lowest BCUT2D eigenvalue weighted by atomic mass is 9.81. The van der Waals surface area contributed by atoms with E-state index in [2.05, 4.69) is 47.0 Å². The van der Waals surface area contributed by atoms with E-state index in [0.29, 0.717) is 12.3 Å². The van der Waals surface area contributed by atoms with E-state index in [1.807, 2.05) is 17.0 Å². The van der Waals surface area contributed by atoms with E-state index >= 15 is 0 Å². The Morgan fingerprint density at radius 1 is 1.27 bits per heavy atom. The molecule has 0 radical (unpaired) electrons. The van der Waals surface area contributed by atoms with Crippen LogP contribution in [0.25, 0.3) is 11.0 Å². The Morgan fingerprint density at radius 2 is 2.10 bits per heavy atom. The van der Waals surface area contributed by atoms with Crippen molar-refractivity contribution in [3.8, 4) is 6.07 Å². The summed E-state index contributed by atoms with van der Waals surface area (Å²) in [6.07, 6.45) is 10.0. The molecule has 0 saturated carbocycles. The first kappa shape index (κ1) is 21.4. The molecule has 2 aromatic rings. The van der Waals surface area contributed by atoms with Gasteiger partial charge in [-0.1, -0.05) is 26.1 Å². The second-order valence-electron chi connectivity index (χ2n) is 10.2. The smallest absolute Gasteiger partial charge is 0.145 e. The molecular weight excluding hydrogens is 390 g/mol. The number of rotatable bonds is 6. The van der Waals surface area contributed by atoms with Crippen molar-refractivity contribution < 1.29 is 4.74 Å². The Kier molecular flexibility index (Phi) is 6.19. The van der Waals surface area contributed by atoms with E-state index < -0.39 is 8.07 Å². The maximum absolute atomic E-state index is 9.84. The van der Waals surface area contributed by atoms with Gasteiger partial charge in [-0.15, -0.1) is 0 Å². The average Bonchev–Trinajstić information content (AvgIpc) is 3.09. The molecule has 7 heteroatoms. The summed E-state index contributed by atoms with van der Waals surface area (Å²) in [7, 11) is -1.12. The number of fused-ring (bicyclic) bond motifs is 1. The summed E-state index contributed by atoms with van der Waals surface area (Å²) in [5.41, 5.74) is 2.91. The van der Waals surface area contributed by atoms with Crippen LogP contribution in [0.5, 0.6) is 0 Å². The van der Waals surface area contributed by atoms with Crippen molar-refractivity contribution in [1.82, 2.24) is 14.9 Å². The largest absolute Gasteiger partial charge is 0.369 e. The molecule has 2 aliphatic rings. The molecule has 2 aromatic heterocycles. The molecule has 2 saturated heterocycles. The molecule has 1 spiro atoms. The van der Waals surface area contributed by atoms with Gasteiger partial charge in [0.15, 0.2) is 0 Å². The summed E-state index contributed by atoms with van der Waals surface area (Å²) < 4.78 is 7.96. The van der Waals surface area contributed by atoms with Gasteiger partial charge >= 0.3 is 0 Å². The van der Waals surface area contributed by atoms with Crippen molar-refractivity contribution >= 4 is 24.8 Å². The third kappa shape index (κ3) is 4.56. The second-order valence-corrected chi connectivity index (χ2v) is 15.8. The highest BCUT2D eigenvalue weighted by Crippen LogP contribution is 2.36. The number of hydrogen-bond donors (Lipinski definition) is 1.